The summed E-state index contributed by atoms with van der Waals surface area (Å²) in [6, 6.07) is 7.36. The van der Waals surface area contributed by atoms with Crippen molar-refractivity contribution in [2.24, 2.45) is 0 Å². The second kappa shape index (κ2) is 5.92. The third-order valence-corrected chi connectivity index (χ3v) is 2.76. The van der Waals surface area contributed by atoms with Gasteiger partial charge in [-0.15, -0.1) is 0 Å². The van der Waals surface area contributed by atoms with Crippen LogP contribution in [0.5, 0.6) is 0 Å². The maximum Gasteiger partial charge on any atom is 0.233 e. The molecule has 20 heavy (non-hydrogen) atoms. The van der Waals surface area contributed by atoms with Crippen LogP contribution < -0.4 is 15.1 Å². The van der Waals surface area contributed by atoms with Crippen molar-refractivity contribution in [3.63, 3.8) is 0 Å². The summed E-state index contributed by atoms with van der Waals surface area (Å²) in [6.07, 6.45) is 0. The molecule has 0 spiro atoms. The number of rotatable bonds is 4. The van der Waals surface area contributed by atoms with Crippen LogP contribution in [0.25, 0.3) is 0 Å². The summed E-state index contributed by atoms with van der Waals surface area (Å²) < 4.78 is 0. The van der Waals surface area contributed by atoms with Crippen LogP contribution in [0.15, 0.2) is 24.3 Å². The van der Waals surface area contributed by atoms with E-state index in [1.165, 1.54) is 0 Å². The predicted octanol–water partition coefficient (Wildman–Crippen LogP) is 2.40. The van der Waals surface area contributed by atoms with Crippen LogP contribution >= 0.6 is 11.6 Å². The van der Waals surface area contributed by atoms with Gasteiger partial charge in [-0.25, -0.2) is 0 Å². The van der Waals surface area contributed by atoms with Crippen LogP contribution in [0.4, 0.5) is 23.5 Å². The molecular formula is C13H17ClN6. The molecule has 0 bridgehead atoms. The van der Waals surface area contributed by atoms with Crippen LogP contribution in [-0.2, 0) is 0 Å². The SMILES string of the molecule is CN(C)c1nc(Nc2ccc(Cl)cc2)nc(N(C)C)n1. The van der Waals surface area contributed by atoms with Gasteiger partial charge >= 0.3 is 0 Å². The first-order chi connectivity index (χ1) is 9.45. The van der Waals surface area contributed by atoms with Gasteiger partial charge in [-0.05, 0) is 24.3 Å². The molecule has 0 unspecified atom stereocenters. The summed E-state index contributed by atoms with van der Waals surface area (Å²) in [6.45, 7) is 0. The third kappa shape index (κ3) is 3.48. The molecule has 7 heteroatoms. The second-order valence-electron chi connectivity index (χ2n) is 4.68. The van der Waals surface area contributed by atoms with E-state index in [1.54, 1.807) is 0 Å². The summed E-state index contributed by atoms with van der Waals surface area (Å²) in [4.78, 5) is 16.8. The van der Waals surface area contributed by atoms with Gasteiger partial charge in [-0.1, -0.05) is 11.6 Å². The van der Waals surface area contributed by atoms with Gasteiger partial charge < -0.3 is 15.1 Å². The van der Waals surface area contributed by atoms with E-state index in [9.17, 15) is 0 Å². The number of aromatic nitrogens is 3. The summed E-state index contributed by atoms with van der Waals surface area (Å²) in [5.41, 5.74) is 0.870. The van der Waals surface area contributed by atoms with Gasteiger partial charge in [0.05, 0.1) is 0 Å². The van der Waals surface area contributed by atoms with E-state index in [-0.39, 0.29) is 0 Å². The fourth-order valence-corrected chi connectivity index (χ4v) is 1.60. The van der Waals surface area contributed by atoms with Crippen molar-refractivity contribution in [3.8, 4) is 0 Å². The molecule has 0 aliphatic heterocycles. The Morgan fingerprint density at radius 1 is 0.850 bits per heavy atom. The van der Waals surface area contributed by atoms with E-state index in [0.717, 1.165) is 5.69 Å². The Balaban J connectivity index is 2.32. The molecule has 2 rings (SSSR count). The zero-order valence-electron chi connectivity index (χ0n) is 11.9. The molecule has 0 saturated heterocycles. The number of halogens is 1. The highest BCUT2D eigenvalue weighted by Crippen LogP contribution is 2.19. The molecule has 1 N–H and O–H groups in total. The van der Waals surface area contributed by atoms with Crippen LogP contribution in [0.1, 0.15) is 0 Å². The molecule has 1 aromatic heterocycles. The zero-order chi connectivity index (χ0) is 14.7. The molecule has 0 atom stereocenters. The van der Waals surface area contributed by atoms with Crippen molar-refractivity contribution < 1.29 is 0 Å². The van der Waals surface area contributed by atoms with Gasteiger partial charge in [0.1, 0.15) is 0 Å². The van der Waals surface area contributed by atoms with Crippen molar-refractivity contribution >= 4 is 35.1 Å². The molecule has 0 aliphatic carbocycles. The molecule has 0 saturated carbocycles. The Morgan fingerprint density at radius 3 is 1.80 bits per heavy atom. The van der Waals surface area contributed by atoms with Crippen LogP contribution in [0, 0.1) is 0 Å². The van der Waals surface area contributed by atoms with E-state index >= 15 is 0 Å². The summed E-state index contributed by atoms with van der Waals surface area (Å²) in [5, 5.41) is 3.84. The van der Waals surface area contributed by atoms with Crippen molar-refractivity contribution in [2.75, 3.05) is 43.3 Å². The molecule has 0 fully saturated rings. The first-order valence-corrected chi connectivity index (χ1v) is 6.47. The van der Waals surface area contributed by atoms with Gasteiger partial charge in [0, 0.05) is 38.9 Å². The van der Waals surface area contributed by atoms with E-state index in [2.05, 4.69) is 20.3 Å². The Bertz CT molecular complexity index is 556. The molecule has 106 valence electrons. The Kier molecular flexibility index (Phi) is 4.24. The fourth-order valence-electron chi connectivity index (χ4n) is 1.47. The van der Waals surface area contributed by atoms with E-state index in [0.29, 0.717) is 22.9 Å². The lowest BCUT2D eigenvalue weighted by molar-refractivity contribution is 0.920. The van der Waals surface area contributed by atoms with Crippen LogP contribution in [0.3, 0.4) is 0 Å². The summed E-state index contributed by atoms with van der Waals surface area (Å²) in [7, 11) is 7.56. The maximum absolute atomic E-state index is 5.87. The molecule has 1 heterocycles. The average molecular weight is 293 g/mol. The van der Waals surface area contributed by atoms with Crippen molar-refractivity contribution in [3.05, 3.63) is 29.3 Å². The summed E-state index contributed by atoms with van der Waals surface area (Å²) >= 11 is 5.87. The quantitative estimate of drug-likeness (QED) is 0.934. The van der Waals surface area contributed by atoms with Crippen LogP contribution in [0.2, 0.25) is 5.02 Å². The standard InChI is InChI=1S/C13H17ClN6/c1-19(2)12-16-11(17-13(18-12)20(3)4)15-10-7-5-9(14)6-8-10/h5-8H,1-4H3,(H,15,16,17,18). The predicted molar refractivity (Wildman–Crippen MR) is 83.2 cm³/mol. The normalized spacial score (nSPS) is 10.2. The molecule has 0 radical (unpaired) electrons. The average Bonchev–Trinajstić information content (AvgIpc) is 2.41. The van der Waals surface area contributed by atoms with Crippen molar-refractivity contribution in [1.82, 2.24) is 15.0 Å². The zero-order valence-corrected chi connectivity index (χ0v) is 12.7. The molecule has 0 amide bonds. The first-order valence-electron chi connectivity index (χ1n) is 6.09. The number of nitrogens with one attached hydrogen (secondary N) is 1. The van der Waals surface area contributed by atoms with Gasteiger partial charge in [0.2, 0.25) is 17.8 Å². The van der Waals surface area contributed by atoms with Gasteiger partial charge in [0.25, 0.3) is 0 Å². The van der Waals surface area contributed by atoms with Crippen molar-refractivity contribution in [1.29, 1.82) is 0 Å². The summed E-state index contributed by atoms with van der Waals surface area (Å²) in [5.74, 6) is 1.69. The molecule has 0 aliphatic rings. The highest BCUT2D eigenvalue weighted by Gasteiger charge is 2.09. The third-order valence-electron chi connectivity index (χ3n) is 2.51. The second-order valence-corrected chi connectivity index (χ2v) is 5.12. The van der Waals surface area contributed by atoms with Crippen molar-refractivity contribution in [2.45, 2.75) is 0 Å². The van der Waals surface area contributed by atoms with E-state index < -0.39 is 0 Å². The minimum absolute atomic E-state index is 0.495. The lowest BCUT2D eigenvalue weighted by Crippen LogP contribution is -2.19. The van der Waals surface area contributed by atoms with Gasteiger partial charge in [-0.3, -0.25) is 0 Å². The van der Waals surface area contributed by atoms with Crippen LogP contribution in [-0.4, -0.2) is 43.1 Å². The number of hydrogen-bond acceptors (Lipinski definition) is 6. The number of benzene rings is 1. The minimum Gasteiger partial charge on any atom is -0.347 e. The monoisotopic (exact) mass is 292 g/mol. The first kappa shape index (κ1) is 14.3. The Hall–Kier alpha value is -2.08. The minimum atomic E-state index is 0.495. The molecule has 1 aromatic carbocycles. The Morgan fingerprint density at radius 2 is 1.35 bits per heavy atom. The molecule has 2 aromatic rings. The Labute approximate surface area is 123 Å². The fraction of sp³-hybridized carbons (Fsp3) is 0.308. The largest absolute Gasteiger partial charge is 0.347 e. The topological polar surface area (TPSA) is 57.2 Å². The lowest BCUT2D eigenvalue weighted by Gasteiger charge is -2.16. The van der Waals surface area contributed by atoms with E-state index in [1.807, 2.05) is 62.3 Å². The van der Waals surface area contributed by atoms with E-state index in [4.69, 9.17) is 11.6 Å². The molecular weight excluding hydrogens is 276 g/mol. The number of hydrogen-bond donors (Lipinski definition) is 1. The smallest absolute Gasteiger partial charge is 0.233 e. The highest BCUT2D eigenvalue weighted by atomic mass is 35.5. The number of anilines is 4. The van der Waals surface area contributed by atoms with Gasteiger partial charge in [0.15, 0.2) is 0 Å². The maximum atomic E-state index is 5.87. The van der Waals surface area contributed by atoms with Gasteiger partial charge in [-0.2, -0.15) is 15.0 Å². The lowest BCUT2D eigenvalue weighted by atomic mass is 10.3. The highest BCUT2D eigenvalue weighted by molar-refractivity contribution is 6.30. The molecule has 6 nitrogen and oxygen atoms in total. The number of nitrogens with zero attached hydrogens (tertiary/aromatic N) is 5.